The number of aliphatic hydroxyl groups is 6. The van der Waals surface area contributed by atoms with Gasteiger partial charge in [0.2, 0.25) is 0 Å². The number of aliphatic hydroxyl groups excluding tert-OH is 6. The van der Waals surface area contributed by atoms with E-state index in [0.29, 0.717) is 0 Å². The van der Waals surface area contributed by atoms with Crippen LogP contribution >= 0.6 is 0 Å². The summed E-state index contributed by atoms with van der Waals surface area (Å²) in [6.07, 6.45) is -11.6. The molecule has 10 nitrogen and oxygen atoms in total. The Kier molecular flexibility index (Phi) is 6.90. The molecule has 6 N–H and O–H groups in total. The molecular formula is C14H26O10. The minimum Gasteiger partial charge on any atom is -0.394 e. The number of hydrogen-bond donors (Lipinski definition) is 6. The number of rotatable bonds is 6. The quantitative estimate of drug-likeness (QED) is 0.281. The molecular weight excluding hydrogens is 328 g/mol. The third-order valence-corrected chi connectivity index (χ3v) is 4.50. The normalized spacial score (nSPS) is 47.8. The molecule has 0 aromatic carbocycles. The van der Waals surface area contributed by atoms with Crippen LogP contribution in [0.4, 0.5) is 0 Å². The Morgan fingerprint density at radius 3 is 2.17 bits per heavy atom. The summed E-state index contributed by atoms with van der Waals surface area (Å²) in [5.41, 5.74) is 0. The molecule has 2 rings (SSSR count). The molecule has 24 heavy (non-hydrogen) atoms. The first-order valence-corrected chi connectivity index (χ1v) is 7.78. The van der Waals surface area contributed by atoms with Crippen LogP contribution in [0.2, 0.25) is 0 Å². The lowest BCUT2D eigenvalue weighted by molar-refractivity contribution is -0.287. The van der Waals surface area contributed by atoms with Gasteiger partial charge in [-0.25, -0.2) is 0 Å². The summed E-state index contributed by atoms with van der Waals surface area (Å²) >= 11 is 0. The Hall–Kier alpha value is -0.400. The molecule has 0 aromatic heterocycles. The summed E-state index contributed by atoms with van der Waals surface area (Å²) in [5, 5.41) is 58.9. The number of ether oxygens (including phenoxy) is 4. The summed E-state index contributed by atoms with van der Waals surface area (Å²) in [7, 11) is 1.32. The van der Waals surface area contributed by atoms with Crippen LogP contribution in [-0.2, 0) is 18.9 Å². The highest BCUT2D eigenvalue weighted by Gasteiger charge is 2.51. The standard InChI is InChI=1S/C14H26O10/c1-5-8(17)13(9(18)6(3-15)22-5)24-14-11(20)10(19)12(23-14)7(4-16)21-2/h5-20H,3-4H2,1-2H3/t5-,6?,7-,8?,9+,10?,11+,12+,13-,14+/m1/s1. The molecule has 0 saturated carbocycles. The Morgan fingerprint density at radius 1 is 0.958 bits per heavy atom. The summed E-state index contributed by atoms with van der Waals surface area (Å²) in [6.45, 7) is 0.628. The first kappa shape index (κ1) is 19.9. The fraction of sp³-hybridized carbons (Fsp3) is 1.00. The molecule has 10 heteroatoms. The molecule has 0 aliphatic carbocycles. The van der Waals surface area contributed by atoms with Gasteiger partial charge in [0.15, 0.2) is 6.29 Å². The summed E-state index contributed by atoms with van der Waals surface area (Å²) in [6, 6.07) is 0. The van der Waals surface area contributed by atoms with Crippen LogP contribution in [0.3, 0.4) is 0 Å². The average molecular weight is 354 g/mol. The van der Waals surface area contributed by atoms with Crippen molar-refractivity contribution in [3.63, 3.8) is 0 Å². The van der Waals surface area contributed by atoms with E-state index in [-0.39, 0.29) is 0 Å². The second-order valence-electron chi connectivity index (χ2n) is 6.05. The highest BCUT2D eigenvalue weighted by molar-refractivity contribution is 4.95. The lowest BCUT2D eigenvalue weighted by Gasteiger charge is -2.42. The van der Waals surface area contributed by atoms with E-state index >= 15 is 0 Å². The van der Waals surface area contributed by atoms with Gasteiger partial charge in [-0.1, -0.05) is 0 Å². The van der Waals surface area contributed by atoms with E-state index in [4.69, 9.17) is 18.9 Å². The average Bonchev–Trinajstić information content (AvgIpc) is 2.84. The van der Waals surface area contributed by atoms with E-state index < -0.39 is 74.4 Å². The van der Waals surface area contributed by atoms with Crippen molar-refractivity contribution in [3.05, 3.63) is 0 Å². The van der Waals surface area contributed by atoms with Crippen LogP contribution < -0.4 is 0 Å². The molecule has 2 aliphatic rings. The van der Waals surface area contributed by atoms with Gasteiger partial charge in [-0.15, -0.1) is 0 Å². The van der Waals surface area contributed by atoms with Gasteiger partial charge >= 0.3 is 0 Å². The molecule has 3 unspecified atom stereocenters. The molecule has 2 aliphatic heterocycles. The lowest BCUT2D eigenvalue weighted by Crippen LogP contribution is -2.60. The molecule has 0 bridgehead atoms. The summed E-state index contributed by atoms with van der Waals surface area (Å²) in [4.78, 5) is 0. The van der Waals surface area contributed by atoms with Crippen LogP contribution in [0.5, 0.6) is 0 Å². The molecule has 0 spiro atoms. The monoisotopic (exact) mass is 354 g/mol. The van der Waals surface area contributed by atoms with Gasteiger partial charge < -0.3 is 49.6 Å². The zero-order valence-electron chi connectivity index (χ0n) is 13.5. The van der Waals surface area contributed by atoms with E-state index in [1.54, 1.807) is 6.92 Å². The van der Waals surface area contributed by atoms with Crippen LogP contribution in [0, 0.1) is 0 Å². The first-order chi connectivity index (χ1) is 11.3. The van der Waals surface area contributed by atoms with Crippen molar-refractivity contribution in [2.45, 2.75) is 68.1 Å². The van der Waals surface area contributed by atoms with E-state index in [0.717, 1.165) is 0 Å². The van der Waals surface area contributed by atoms with Gasteiger partial charge in [0.05, 0.1) is 19.3 Å². The van der Waals surface area contributed by atoms with Gasteiger partial charge in [0.1, 0.15) is 48.8 Å². The molecule has 2 saturated heterocycles. The number of methoxy groups -OCH3 is 1. The molecule has 0 radical (unpaired) electrons. The van der Waals surface area contributed by atoms with Gasteiger partial charge in [-0.2, -0.15) is 0 Å². The molecule has 2 heterocycles. The highest BCUT2D eigenvalue weighted by atomic mass is 16.7. The lowest BCUT2D eigenvalue weighted by atomic mass is 9.95. The van der Waals surface area contributed by atoms with E-state index in [1.165, 1.54) is 7.11 Å². The maximum Gasteiger partial charge on any atom is 0.187 e. The second kappa shape index (κ2) is 8.32. The highest BCUT2D eigenvalue weighted by Crippen LogP contribution is 2.30. The topological polar surface area (TPSA) is 158 Å². The SMILES string of the molecule is CO[C@H](CO)[C@@H]1O[C@@H](O[C@@H]2C(O)[C@@H](C)OC(CO)[C@@H]2O)[C@@H](O)C1O. The molecule has 2 fully saturated rings. The van der Waals surface area contributed by atoms with Crippen molar-refractivity contribution in [3.8, 4) is 0 Å². The van der Waals surface area contributed by atoms with Gasteiger partial charge in [0.25, 0.3) is 0 Å². The minimum atomic E-state index is -1.47. The minimum absolute atomic E-state index is 0.441. The second-order valence-corrected chi connectivity index (χ2v) is 6.05. The predicted molar refractivity (Wildman–Crippen MR) is 76.9 cm³/mol. The van der Waals surface area contributed by atoms with Crippen molar-refractivity contribution in [2.75, 3.05) is 20.3 Å². The predicted octanol–water partition coefficient (Wildman–Crippen LogP) is -3.67. The Morgan fingerprint density at radius 2 is 1.62 bits per heavy atom. The smallest absolute Gasteiger partial charge is 0.187 e. The zero-order valence-corrected chi connectivity index (χ0v) is 13.5. The fourth-order valence-corrected chi connectivity index (χ4v) is 2.99. The van der Waals surface area contributed by atoms with Crippen molar-refractivity contribution in [1.29, 1.82) is 0 Å². The Balaban J connectivity index is 2.08. The largest absolute Gasteiger partial charge is 0.394 e. The first-order valence-electron chi connectivity index (χ1n) is 7.78. The van der Waals surface area contributed by atoms with Crippen molar-refractivity contribution in [1.82, 2.24) is 0 Å². The van der Waals surface area contributed by atoms with Gasteiger partial charge in [0, 0.05) is 7.11 Å². The summed E-state index contributed by atoms with van der Waals surface area (Å²) in [5.74, 6) is 0. The van der Waals surface area contributed by atoms with E-state index in [1.807, 2.05) is 0 Å². The van der Waals surface area contributed by atoms with Crippen LogP contribution in [0.15, 0.2) is 0 Å². The molecule has 10 atom stereocenters. The van der Waals surface area contributed by atoms with Crippen molar-refractivity contribution >= 4 is 0 Å². The maximum absolute atomic E-state index is 10.2. The molecule has 0 amide bonds. The van der Waals surface area contributed by atoms with Gasteiger partial charge in [-0.3, -0.25) is 0 Å². The Labute approximate surface area is 139 Å². The molecule has 0 aromatic rings. The maximum atomic E-state index is 10.2. The fourth-order valence-electron chi connectivity index (χ4n) is 2.99. The zero-order chi connectivity index (χ0) is 18.0. The van der Waals surface area contributed by atoms with Crippen LogP contribution in [0.1, 0.15) is 6.92 Å². The third kappa shape index (κ3) is 3.73. The van der Waals surface area contributed by atoms with Crippen molar-refractivity contribution < 1.29 is 49.6 Å². The number of hydrogen-bond acceptors (Lipinski definition) is 10. The molecule has 142 valence electrons. The summed E-state index contributed by atoms with van der Waals surface area (Å²) < 4.78 is 21.1. The van der Waals surface area contributed by atoms with Crippen LogP contribution in [-0.4, -0.2) is 112 Å². The Bertz CT molecular complexity index is 392. The van der Waals surface area contributed by atoms with E-state index in [2.05, 4.69) is 0 Å². The van der Waals surface area contributed by atoms with E-state index in [9.17, 15) is 30.6 Å². The van der Waals surface area contributed by atoms with Crippen LogP contribution in [0.25, 0.3) is 0 Å². The third-order valence-electron chi connectivity index (χ3n) is 4.50. The van der Waals surface area contributed by atoms with Gasteiger partial charge in [-0.05, 0) is 6.92 Å². The van der Waals surface area contributed by atoms with Crippen molar-refractivity contribution in [2.24, 2.45) is 0 Å².